The molecule has 0 aliphatic carbocycles. The number of thioether (sulfide) groups is 1. The Morgan fingerprint density at radius 3 is 2.53 bits per heavy atom. The number of furan rings is 1. The maximum atomic E-state index is 12.4. The highest BCUT2D eigenvalue weighted by Crippen LogP contribution is 2.25. The van der Waals surface area contributed by atoms with Crippen LogP contribution in [0.25, 0.3) is 11.4 Å². The fourth-order valence-electron chi connectivity index (χ4n) is 3.05. The molecule has 0 saturated heterocycles. The van der Waals surface area contributed by atoms with Gasteiger partial charge in [-0.05, 0) is 36.2 Å². The quantitative estimate of drug-likeness (QED) is 0.413. The molecule has 0 radical (unpaired) electrons. The van der Waals surface area contributed by atoms with Gasteiger partial charge in [0.15, 0.2) is 11.0 Å². The number of hydrogen-bond donors (Lipinski definition) is 1. The van der Waals surface area contributed by atoms with Gasteiger partial charge in [-0.2, -0.15) is 0 Å². The van der Waals surface area contributed by atoms with Gasteiger partial charge in [0.2, 0.25) is 5.91 Å². The van der Waals surface area contributed by atoms with Gasteiger partial charge in [-0.1, -0.05) is 61.2 Å². The Bertz CT molecular complexity index is 1090. The minimum absolute atomic E-state index is 0.0851. The van der Waals surface area contributed by atoms with Crippen molar-refractivity contribution in [3.63, 3.8) is 0 Å². The van der Waals surface area contributed by atoms with Crippen molar-refractivity contribution in [1.29, 1.82) is 0 Å². The van der Waals surface area contributed by atoms with Gasteiger partial charge in [-0.3, -0.25) is 9.36 Å². The fraction of sp³-hybridized carbons (Fsp3) is 0.174. The number of benzene rings is 2. The van der Waals surface area contributed by atoms with Crippen molar-refractivity contribution in [2.75, 3.05) is 11.1 Å². The molecule has 2 heterocycles. The van der Waals surface area contributed by atoms with E-state index in [1.54, 1.807) is 6.26 Å². The molecule has 0 bridgehead atoms. The number of carbonyl (C=O) groups excluding carboxylic acids is 1. The zero-order chi connectivity index (χ0) is 20.8. The topological polar surface area (TPSA) is 73.0 Å². The van der Waals surface area contributed by atoms with E-state index in [-0.39, 0.29) is 11.7 Å². The van der Waals surface area contributed by atoms with Gasteiger partial charge in [-0.15, -0.1) is 10.2 Å². The van der Waals surface area contributed by atoms with Gasteiger partial charge in [0, 0.05) is 11.3 Å². The summed E-state index contributed by atoms with van der Waals surface area (Å²) in [5.74, 6) is 1.69. The summed E-state index contributed by atoms with van der Waals surface area (Å²) in [5, 5.41) is 12.3. The molecular formula is C23H22N4O2S. The average Bonchev–Trinajstić information content (AvgIpc) is 3.44. The molecule has 0 saturated carbocycles. The van der Waals surface area contributed by atoms with Crippen LogP contribution in [0.2, 0.25) is 0 Å². The molecule has 1 N–H and O–H groups in total. The van der Waals surface area contributed by atoms with Crippen molar-refractivity contribution >= 4 is 23.4 Å². The van der Waals surface area contributed by atoms with E-state index < -0.39 is 0 Å². The number of nitrogens with one attached hydrogen (secondary N) is 1. The molecule has 4 aromatic rings. The van der Waals surface area contributed by atoms with E-state index in [2.05, 4.69) is 22.4 Å². The van der Waals surface area contributed by atoms with E-state index >= 15 is 0 Å². The van der Waals surface area contributed by atoms with E-state index in [0.717, 1.165) is 29.3 Å². The number of aromatic nitrogens is 3. The van der Waals surface area contributed by atoms with Crippen molar-refractivity contribution in [1.82, 2.24) is 14.8 Å². The highest BCUT2D eigenvalue weighted by atomic mass is 32.2. The number of amides is 1. The molecule has 0 spiro atoms. The Hall–Kier alpha value is -3.32. The lowest BCUT2D eigenvalue weighted by atomic mass is 10.1. The first-order valence-electron chi connectivity index (χ1n) is 9.75. The number of rotatable bonds is 8. The number of carbonyl (C=O) groups is 1. The molecule has 1 amide bonds. The number of aryl methyl sites for hydroxylation is 1. The first kappa shape index (κ1) is 20.0. The van der Waals surface area contributed by atoms with Crippen molar-refractivity contribution in [2.24, 2.45) is 0 Å². The maximum absolute atomic E-state index is 12.4. The van der Waals surface area contributed by atoms with Gasteiger partial charge >= 0.3 is 0 Å². The van der Waals surface area contributed by atoms with E-state index in [1.165, 1.54) is 17.3 Å². The molecule has 6 nitrogen and oxygen atoms in total. The molecule has 7 heteroatoms. The molecule has 0 unspecified atom stereocenters. The van der Waals surface area contributed by atoms with Crippen molar-refractivity contribution in [3.05, 3.63) is 84.3 Å². The Labute approximate surface area is 179 Å². The molecule has 0 fully saturated rings. The van der Waals surface area contributed by atoms with Crippen LogP contribution in [0.3, 0.4) is 0 Å². The summed E-state index contributed by atoms with van der Waals surface area (Å²) in [6.45, 7) is 2.60. The molecule has 0 atom stereocenters. The Balaban J connectivity index is 1.48. The van der Waals surface area contributed by atoms with Gasteiger partial charge in [0.1, 0.15) is 5.76 Å². The molecular weight excluding hydrogens is 396 g/mol. The second-order valence-corrected chi connectivity index (χ2v) is 7.67. The van der Waals surface area contributed by atoms with Crippen LogP contribution in [-0.2, 0) is 17.8 Å². The second kappa shape index (κ2) is 9.45. The molecule has 4 rings (SSSR count). The first-order chi connectivity index (χ1) is 14.7. The molecule has 2 aromatic heterocycles. The summed E-state index contributed by atoms with van der Waals surface area (Å²) in [6, 6.07) is 21.5. The lowest BCUT2D eigenvalue weighted by molar-refractivity contribution is -0.113. The minimum Gasteiger partial charge on any atom is -0.467 e. The van der Waals surface area contributed by atoms with Crippen LogP contribution >= 0.6 is 11.8 Å². The van der Waals surface area contributed by atoms with Crippen LogP contribution in [0.5, 0.6) is 0 Å². The lowest BCUT2D eigenvalue weighted by Gasteiger charge is -2.09. The molecule has 0 aliphatic rings. The van der Waals surface area contributed by atoms with Gasteiger partial charge in [0.05, 0.1) is 18.6 Å². The molecule has 2 aromatic carbocycles. The van der Waals surface area contributed by atoms with Gasteiger partial charge in [0.25, 0.3) is 0 Å². The third kappa shape index (κ3) is 4.80. The second-order valence-electron chi connectivity index (χ2n) is 6.73. The smallest absolute Gasteiger partial charge is 0.234 e. The summed E-state index contributed by atoms with van der Waals surface area (Å²) in [6.07, 6.45) is 2.62. The number of hydrogen-bond acceptors (Lipinski definition) is 5. The van der Waals surface area contributed by atoms with E-state index in [4.69, 9.17) is 4.42 Å². The third-order valence-corrected chi connectivity index (χ3v) is 5.59. The van der Waals surface area contributed by atoms with Crippen molar-refractivity contribution in [2.45, 2.75) is 25.0 Å². The fourth-order valence-corrected chi connectivity index (χ4v) is 3.79. The van der Waals surface area contributed by atoms with Crippen LogP contribution in [0.4, 0.5) is 5.69 Å². The highest BCUT2D eigenvalue weighted by molar-refractivity contribution is 7.99. The Morgan fingerprint density at radius 2 is 1.83 bits per heavy atom. The zero-order valence-corrected chi connectivity index (χ0v) is 17.4. The number of anilines is 1. The summed E-state index contributed by atoms with van der Waals surface area (Å²) < 4.78 is 7.49. The largest absolute Gasteiger partial charge is 0.467 e. The van der Waals surface area contributed by atoms with E-state index in [1.807, 2.05) is 71.3 Å². The summed E-state index contributed by atoms with van der Waals surface area (Å²) >= 11 is 1.36. The van der Waals surface area contributed by atoms with Crippen LogP contribution in [0.1, 0.15) is 18.2 Å². The predicted octanol–water partition coefficient (Wildman–Crippen LogP) is 4.88. The van der Waals surface area contributed by atoms with Crippen molar-refractivity contribution in [3.8, 4) is 11.4 Å². The molecule has 152 valence electrons. The molecule has 30 heavy (non-hydrogen) atoms. The maximum Gasteiger partial charge on any atom is 0.234 e. The van der Waals surface area contributed by atoms with Crippen LogP contribution < -0.4 is 5.32 Å². The van der Waals surface area contributed by atoms with E-state index in [9.17, 15) is 4.79 Å². The average molecular weight is 419 g/mol. The standard InChI is InChI=1S/C23H22N4O2S/c1-2-17-10-12-19(13-11-17)24-21(28)16-30-23-26-25-22(18-7-4-3-5-8-18)27(23)15-20-9-6-14-29-20/h3-14H,2,15-16H2,1H3,(H,24,28). The normalized spacial score (nSPS) is 10.8. The van der Waals surface area contributed by atoms with Crippen molar-refractivity contribution < 1.29 is 9.21 Å². The lowest BCUT2D eigenvalue weighted by Crippen LogP contribution is -2.14. The van der Waals surface area contributed by atoms with Crippen LogP contribution in [0.15, 0.2) is 82.6 Å². The summed E-state index contributed by atoms with van der Waals surface area (Å²) in [7, 11) is 0. The monoisotopic (exact) mass is 418 g/mol. The highest BCUT2D eigenvalue weighted by Gasteiger charge is 2.17. The van der Waals surface area contributed by atoms with E-state index in [0.29, 0.717) is 11.7 Å². The third-order valence-electron chi connectivity index (χ3n) is 4.62. The minimum atomic E-state index is -0.0851. The van der Waals surface area contributed by atoms with Crippen LogP contribution in [-0.4, -0.2) is 26.4 Å². The SMILES string of the molecule is CCc1ccc(NC(=O)CSc2nnc(-c3ccccc3)n2Cc2ccco2)cc1. The zero-order valence-electron chi connectivity index (χ0n) is 16.6. The van der Waals surface area contributed by atoms with Crippen LogP contribution in [0, 0.1) is 0 Å². The molecule has 0 aliphatic heterocycles. The van der Waals surface area contributed by atoms with Gasteiger partial charge in [-0.25, -0.2) is 0 Å². The Kier molecular flexibility index (Phi) is 6.29. The summed E-state index contributed by atoms with van der Waals surface area (Å²) in [5.41, 5.74) is 2.99. The summed E-state index contributed by atoms with van der Waals surface area (Å²) in [4.78, 5) is 12.4. The first-order valence-corrected chi connectivity index (χ1v) is 10.7. The predicted molar refractivity (Wildman–Crippen MR) is 118 cm³/mol. The van der Waals surface area contributed by atoms with Gasteiger partial charge < -0.3 is 9.73 Å². The number of nitrogens with zero attached hydrogens (tertiary/aromatic N) is 3. The Morgan fingerprint density at radius 1 is 1.03 bits per heavy atom.